The fourth-order valence-corrected chi connectivity index (χ4v) is 6.02. The van der Waals surface area contributed by atoms with E-state index in [0.717, 1.165) is 19.3 Å². The molecule has 1 aliphatic carbocycles. The quantitative estimate of drug-likeness (QED) is 0.737. The van der Waals surface area contributed by atoms with Gasteiger partial charge in [-0.05, 0) is 36.5 Å². The van der Waals surface area contributed by atoms with E-state index in [0.29, 0.717) is 30.4 Å². The molecule has 1 aliphatic rings. The topological polar surface area (TPSA) is 88.5 Å². The van der Waals surface area contributed by atoms with Crippen LogP contribution in [-0.4, -0.2) is 42.3 Å². The van der Waals surface area contributed by atoms with Crippen LogP contribution in [-0.2, 0) is 17.1 Å². The van der Waals surface area contributed by atoms with Crippen molar-refractivity contribution in [2.24, 2.45) is 18.9 Å². The number of nitrogens with one attached hydrogen (secondary N) is 1. The molecule has 1 N–H and O–H groups in total. The molecule has 0 saturated heterocycles. The molecule has 1 aromatic heterocycles. The molecule has 8 heteroatoms. The predicted octanol–water partition coefficient (Wildman–Crippen LogP) is 3.12. The van der Waals surface area contributed by atoms with Crippen molar-refractivity contribution >= 4 is 26.8 Å². The summed E-state index contributed by atoms with van der Waals surface area (Å²) in [5.41, 5.74) is 0.177. The third-order valence-electron chi connectivity index (χ3n) is 6.77. The molecule has 0 spiro atoms. The Balaban J connectivity index is 2.03. The van der Waals surface area contributed by atoms with Crippen LogP contribution < -0.4 is 10.7 Å². The molecule has 0 unspecified atom stereocenters. The first-order chi connectivity index (χ1) is 14.6. The second-order valence-corrected chi connectivity index (χ2v) is 10.5. The Morgan fingerprint density at radius 1 is 1.19 bits per heavy atom. The molecule has 1 heterocycles. The highest BCUT2D eigenvalue weighted by molar-refractivity contribution is 7.89. The van der Waals surface area contributed by atoms with E-state index in [1.54, 1.807) is 31.5 Å². The fraction of sp³-hybridized carbons (Fsp3) is 0.565. The number of carbonyl (C=O) groups excluding carboxylic acids is 1. The molecule has 31 heavy (non-hydrogen) atoms. The highest BCUT2D eigenvalue weighted by Crippen LogP contribution is 2.29. The fourth-order valence-electron chi connectivity index (χ4n) is 4.54. The zero-order valence-corrected chi connectivity index (χ0v) is 19.8. The lowest BCUT2D eigenvalue weighted by Gasteiger charge is -2.34. The Morgan fingerprint density at radius 3 is 2.52 bits per heavy atom. The summed E-state index contributed by atoms with van der Waals surface area (Å²) < 4.78 is 28.9. The van der Waals surface area contributed by atoms with Gasteiger partial charge in [0, 0.05) is 37.8 Å². The van der Waals surface area contributed by atoms with Crippen molar-refractivity contribution in [3.8, 4) is 0 Å². The second kappa shape index (κ2) is 9.12. The Labute approximate surface area is 184 Å². The van der Waals surface area contributed by atoms with Crippen molar-refractivity contribution in [1.29, 1.82) is 0 Å². The summed E-state index contributed by atoms with van der Waals surface area (Å²) in [6.07, 6.45) is 4.64. The molecule has 170 valence electrons. The van der Waals surface area contributed by atoms with E-state index in [2.05, 4.69) is 19.2 Å². The van der Waals surface area contributed by atoms with Gasteiger partial charge in [0.25, 0.3) is 5.91 Å². The number of hydrogen-bond acceptors (Lipinski definition) is 4. The van der Waals surface area contributed by atoms with Gasteiger partial charge in [0.15, 0.2) is 0 Å². The lowest BCUT2D eigenvalue weighted by Crippen LogP contribution is -2.45. The van der Waals surface area contributed by atoms with E-state index < -0.39 is 21.4 Å². The van der Waals surface area contributed by atoms with Gasteiger partial charge in [0.05, 0.1) is 10.4 Å². The van der Waals surface area contributed by atoms with Gasteiger partial charge in [-0.15, -0.1) is 0 Å². The molecule has 0 radical (unpaired) electrons. The highest BCUT2D eigenvalue weighted by Gasteiger charge is 2.29. The maximum absolute atomic E-state index is 13.2. The molecule has 3 rings (SSSR count). The highest BCUT2D eigenvalue weighted by atomic mass is 32.2. The molecule has 2 aromatic rings. The zero-order chi connectivity index (χ0) is 22.9. The average molecular weight is 448 g/mol. The van der Waals surface area contributed by atoms with Gasteiger partial charge in [-0.25, -0.2) is 8.42 Å². The zero-order valence-electron chi connectivity index (χ0n) is 19.0. The third kappa shape index (κ3) is 4.41. The van der Waals surface area contributed by atoms with Gasteiger partial charge < -0.3 is 9.88 Å². The number of fused-ring (bicyclic) bond motifs is 1. The summed E-state index contributed by atoms with van der Waals surface area (Å²) in [6, 6.07) is 4.57. The Bertz CT molecular complexity index is 1140. The van der Waals surface area contributed by atoms with Gasteiger partial charge >= 0.3 is 0 Å². The van der Waals surface area contributed by atoms with Crippen LogP contribution in [0.4, 0.5) is 0 Å². The normalized spacial score (nSPS) is 22.1. The monoisotopic (exact) mass is 447 g/mol. The summed E-state index contributed by atoms with van der Waals surface area (Å²) in [5.74, 6) is 0.463. The van der Waals surface area contributed by atoms with Gasteiger partial charge in [-0.1, -0.05) is 40.5 Å². The van der Waals surface area contributed by atoms with Crippen molar-refractivity contribution in [1.82, 2.24) is 14.2 Å². The Kier molecular flexibility index (Phi) is 6.91. The van der Waals surface area contributed by atoms with Crippen molar-refractivity contribution in [2.45, 2.75) is 57.9 Å². The van der Waals surface area contributed by atoms with E-state index >= 15 is 0 Å². The first kappa shape index (κ1) is 23.5. The number of rotatable bonds is 6. The van der Waals surface area contributed by atoms with Crippen molar-refractivity contribution in [3.63, 3.8) is 0 Å². The SMILES string of the molecule is CCN(CC)S(=O)(=O)c1ccc2c(c1)c(=O)c(C(=O)N[C@@H]1CCC[C@H](C)[C@@H]1C)cn2C. The number of pyridine rings is 1. The molecule has 0 aliphatic heterocycles. The molecule has 0 bridgehead atoms. The first-order valence-electron chi connectivity index (χ1n) is 11.1. The van der Waals surface area contributed by atoms with Crippen molar-refractivity contribution in [2.75, 3.05) is 13.1 Å². The Morgan fingerprint density at radius 2 is 1.87 bits per heavy atom. The van der Waals surface area contributed by atoms with E-state index in [-0.39, 0.29) is 21.9 Å². The maximum Gasteiger partial charge on any atom is 0.256 e. The maximum atomic E-state index is 13.2. The minimum absolute atomic E-state index is 0.0334. The van der Waals surface area contributed by atoms with Crippen molar-refractivity contribution in [3.05, 3.63) is 40.2 Å². The van der Waals surface area contributed by atoms with Crippen LogP contribution in [0.25, 0.3) is 10.9 Å². The van der Waals surface area contributed by atoms with Crippen LogP contribution in [0.15, 0.2) is 34.1 Å². The second-order valence-electron chi connectivity index (χ2n) is 8.60. The number of carbonyl (C=O) groups is 1. The lowest BCUT2D eigenvalue weighted by molar-refractivity contribution is 0.0889. The number of sulfonamides is 1. The number of hydrogen-bond donors (Lipinski definition) is 1. The van der Waals surface area contributed by atoms with Crippen molar-refractivity contribution < 1.29 is 13.2 Å². The van der Waals surface area contributed by atoms with Crippen LogP contribution in [0.1, 0.15) is 57.3 Å². The summed E-state index contributed by atoms with van der Waals surface area (Å²) in [4.78, 5) is 26.3. The number of benzene rings is 1. The first-order valence-corrected chi connectivity index (χ1v) is 12.5. The van der Waals surface area contributed by atoms with Gasteiger partial charge in [0.1, 0.15) is 5.56 Å². The summed E-state index contributed by atoms with van der Waals surface area (Å²) in [7, 11) is -1.95. The molecule has 1 saturated carbocycles. The minimum atomic E-state index is -3.71. The van der Waals surface area contributed by atoms with Crippen LogP contribution in [0.3, 0.4) is 0 Å². The van der Waals surface area contributed by atoms with Gasteiger partial charge in [-0.3, -0.25) is 9.59 Å². The van der Waals surface area contributed by atoms with E-state index in [9.17, 15) is 18.0 Å². The number of amides is 1. The predicted molar refractivity (Wildman–Crippen MR) is 123 cm³/mol. The molecule has 1 aromatic carbocycles. The Hall–Kier alpha value is -2.19. The van der Waals surface area contributed by atoms with E-state index in [1.165, 1.54) is 22.6 Å². The summed E-state index contributed by atoms with van der Waals surface area (Å²) in [5, 5.41) is 3.28. The van der Waals surface area contributed by atoms with E-state index in [1.807, 2.05) is 0 Å². The number of aryl methyl sites for hydroxylation is 1. The lowest BCUT2D eigenvalue weighted by atomic mass is 9.78. The van der Waals surface area contributed by atoms with Crippen LogP contribution >= 0.6 is 0 Å². The number of aromatic nitrogens is 1. The van der Waals surface area contributed by atoms with Crippen LogP contribution in [0, 0.1) is 11.8 Å². The third-order valence-corrected chi connectivity index (χ3v) is 8.82. The number of nitrogens with zero attached hydrogens (tertiary/aromatic N) is 2. The van der Waals surface area contributed by atoms with Crippen LogP contribution in [0.2, 0.25) is 0 Å². The summed E-state index contributed by atoms with van der Waals surface area (Å²) in [6.45, 7) is 8.56. The largest absolute Gasteiger partial charge is 0.350 e. The van der Waals surface area contributed by atoms with E-state index in [4.69, 9.17) is 0 Å². The minimum Gasteiger partial charge on any atom is -0.350 e. The molecule has 1 amide bonds. The van der Waals surface area contributed by atoms with Crippen LogP contribution in [0.5, 0.6) is 0 Å². The molecular weight excluding hydrogens is 414 g/mol. The molecular formula is C23H33N3O4S. The molecule has 3 atom stereocenters. The van der Waals surface area contributed by atoms with Gasteiger partial charge in [0.2, 0.25) is 15.5 Å². The summed E-state index contributed by atoms with van der Waals surface area (Å²) >= 11 is 0. The average Bonchev–Trinajstić information content (AvgIpc) is 2.74. The molecule has 7 nitrogen and oxygen atoms in total. The molecule has 1 fully saturated rings. The van der Waals surface area contributed by atoms with Gasteiger partial charge in [-0.2, -0.15) is 4.31 Å². The standard InChI is InChI=1S/C23H33N3O4S/c1-6-26(7-2)31(29,30)17-11-12-21-18(13-17)22(27)19(14-25(21)5)23(28)24-20-10-8-9-15(3)16(20)4/h11-16,20H,6-10H2,1-5H3,(H,24,28)/t15-,16-,20+/m0/s1. The smallest absolute Gasteiger partial charge is 0.256 e.